The molecule has 0 spiro atoms. The molecule has 3 nitrogen and oxygen atoms in total. The SMILES string of the molecule is CC(N)COc1ccccc1O. The second kappa shape index (κ2) is 3.97. The Hall–Kier alpha value is -1.22. The van der Waals surface area contributed by atoms with Gasteiger partial charge in [0.15, 0.2) is 11.5 Å². The monoisotopic (exact) mass is 167 g/mol. The van der Waals surface area contributed by atoms with Crippen molar-refractivity contribution in [2.75, 3.05) is 6.61 Å². The molecule has 1 aromatic carbocycles. The fourth-order valence-corrected chi connectivity index (χ4v) is 0.800. The predicted molar refractivity (Wildman–Crippen MR) is 47.3 cm³/mol. The standard InChI is InChI=1S/C9H13NO2/c1-7(10)6-12-9-5-3-2-4-8(9)11/h2-5,7,11H,6,10H2,1H3. The van der Waals surface area contributed by atoms with Crippen LogP contribution in [-0.4, -0.2) is 17.8 Å². The molecule has 0 bridgehead atoms. The van der Waals surface area contributed by atoms with Crippen LogP contribution in [0.4, 0.5) is 0 Å². The summed E-state index contributed by atoms with van der Waals surface area (Å²) < 4.78 is 5.22. The van der Waals surface area contributed by atoms with E-state index in [9.17, 15) is 5.11 Å². The number of para-hydroxylation sites is 2. The fraction of sp³-hybridized carbons (Fsp3) is 0.333. The lowest BCUT2D eigenvalue weighted by atomic mass is 10.3. The molecule has 3 heteroatoms. The molecule has 0 saturated carbocycles. The summed E-state index contributed by atoms with van der Waals surface area (Å²) in [5.41, 5.74) is 5.48. The minimum Gasteiger partial charge on any atom is -0.504 e. The molecule has 0 aliphatic heterocycles. The highest BCUT2D eigenvalue weighted by molar-refractivity contribution is 5.37. The van der Waals surface area contributed by atoms with Crippen molar-refractivity contribution >= 4 is 0 Å². The Morgan fingerprint density at radius 2 is 2.17 bits per heavy atom. The third-order valence-corrected chi connectivity index (χ3v) is 1.37. The summed E-state index contributed by atoms with van der Waals surface area (Å²) in [6.45, 7) is 2.26. The van der Waals surface area contributed by atoms with E-state index in [0.717, 1.165) is 0 Å². The molecule has 0 heterocycles. The number of ether oxygens (including phenoxy) is 1. The second-order valence-corrected chi connectivity index (χ2v) is 2.76. The number of phenolic OH excluding ortho intramolecular Hbond substituents is 1. The first kappa shape index (κ1) is 8.87. The summed E-state index contributed by atoms with van der Waals surface area (Å²) in [5, 5.41) is 9.26. The van der Waals surface area contributed by atoms with Gasteiger partial charge in [0, 0.05) is 6.04 Å². The molecule has 0 aliphatic rings. The van der Waals surface area contributed by atoms with Gasteiger partial charge in [0.2, 0.25) is 0 Å². The first-order valence-corrected chi connectivity index (χ1v) is 3.86. The highest BCUT2D eigenvalue weighted by Crippen LogP contribution is 2.24. The van der Waals surface area contributed by atoms with Crippen LogP contribution < -0.4 is 10.5 Å². The Bertz CT molecular complexity index is 248. The molecule has 3 N–H and O–H groups in total. The van der Waals surface area contributed by atoms with E-state index < -0.39 is 0 Å². The summed E-state index contributed by atoms with van der Waals surface area (Å²) in [7, 11) is 0. The zero-order valence-electron chi connectivity index (χ0n) is 7.03. The quantitative estimate of drug-likeness (QED) is 0.709. The number of aromatic hydroxyl groups is 1. The van der Waals surface area contributed by atoms with Gasteiger partial charge < -0.3 is 15.6 Å². The average Bonchev–Trinajstić information content (AvgIpc) is 2.03. The maximum atomic E-state index is 9.26. The average molecular weight is 167 g/mol. The van der Waals surface area contributed by atoms with Gasteiger partial charge in [-0.25, -0.2) is 0 Å². The Kier molecular flexibility index (Phi) is 2.94. The number of nitrogens with two attached hydrogens (primary N) is 1. The molecule has 0 aromatic heterocycles. The lowest BCUT2D eigenvalue weighted by molar-refractivity contribution is 0.281. The van der Waals surface area contributed by atoms with Crippen molar-refractivity contribution in [2.24, 2.45) is 5.73 Å². The van der Waals surface area contributed by atoms with Crippen molar-refractivity contribution in [1.82, 2.24) is 0 Å². The maximum absolute atomic E-state index is 9.26. The van der Waals surface area contributed by atoms with E-state index in [1.807, 2.05) is 6.92 Å². The van der Waals surface area contributed by atoms with Gasteiger partial charge in [0.05, 0.1) is 0 Å². The van der Waals surface area contributed by atoms with Crippen LogP contribution in [0.15, 0.2) is 24.3 Å². The van der Waals surface area contributed by atoms with Crippen LogP contribution in [-0.2, 0) is 0 Å². The molecule has 0 fully saturated rings. The van der Waals surface area contributed by atoms with E-state index in [1.54, 1.807) is 24.3 Å². The van der Waals surface area contributed by atoms with Crippen molar-refractivity contribution < 1.29 is 9.84 Å². The minimum atomic E-state index is -0.0235. The molecule has 1 rings (SSSR count). The van der Waals surface area contributed by atoms with Gasteiger partial charge in [-0.05, 0) is 19.1 Å². The molecule has 1 unspecified atom stereocenters. The van der Waals surface area contributed by atoms with E-state index in [2.05, 4.69) is 0 Å². The van der Waals surface area contributed by atoms with E-state index in [4.69, 9.17) is 10.5 Å². The predicted octanol–water partition coefficient (Wildman–Crippen LogP) is 1.12. The number of phenols is 1. The number of benzene rings is 1. The highest BCUT2D eigenvalue weighted by Gasteiger charge is 2.00. The Morgan fingerprint density at radius 1 is 1.50 bits per heavy atom. The Balaban J connectivity index is 2.57. The summed E-state index contributed by atoms with van der Waals surface area (Å²) in [6.07, 6.45) is 0. The molecular formula is C9H13NO2. The van der Waals surface area contributed by atoms with Gasteiger partial charge >= 0.3 is 0 Å². The minimum absolute atomic E-state index is 0.0235. The lowest BCUT2D eigenvalue weighted by Gasteiger charge is -2.09. The van der Waals surface area contributed by atoms with Crippen LogP contribution in [0.2, 0.25) is 0 Å². The smallest absolute Gasteiger partial charge is 0.160 e. The van der Waals surface area contributed by atoms with E-state index in [1.165, 1.54) is 0 Å². The van der Waals surface area contributed by atoms with Gasteiger partial charge in [-0.3, -0.25) is 0 Å². The largest absolute Gasteiger partial charge is 0.504 e. The summed E-state index contributed by atoms with van der Waals surface area (Å²) in [6, 6.07) is 6.81. The lowest BCUT2D eigenvalue weighted by Crippen LogP contribution is -2.23. The fourth-order valence-electron chi connectivity index (χ4n) is 0.800. The second-order valence-electron chi connectivity index (χ2n) is 2.76. The van der Waals surface area contributed by atoms with Crippen LogP contribution in [0, 0.1) is 0 Å². The summed E-state index contributed by atoms with van der Waals surface area (Å²) in [5.74, 6) is 0.632. The van der Waals surface area contributed by atoms with Gasteiger partial charge in [-0.15, -0.1) is 0 Å². The molecule has 12 heavy (non-hydrogen) atoms. The molecule has 0 amide bonds. The molecular weight excluding hydrogens is 154 g/mol. The van der Waals surface area contributed by atoms with Gasteiger partial charge in [0.1, 0.15) is 6.61 Å². The van der Waals surface area contributed by atoms with Crippen LogP contribution >= 0.6 is 0 Å². The Labute approximate surface area is 71.8 Å². The zero-order valence-corrected chi connectivity index (χ0v) is 7.03. The van der Waals surface area contributed by atoms with Gasteiger partial charge in [-0.1, -0.05) is 12.1 Å². The third kappa shape index (κ3) is 2.43. The van der Waals surface area contributed by atoms with Crippen LogP contribution in [0.25, 0.3) is 0 Å². The molecule has 1 aromatic rings. The van der Waals surface area contributed by atoms with E-state index >= 15 is 0 Å². The van der Waals surface area contributed by atoms with Crippen molar-refractivity contribution in [3.8, 4) is 11.5 Å². The number of hydrogen-bond acceptors (Lipinski definition) is 3. The highest BCUT2D eigenvalue weighted by atomic mass is 16.5. The van der Waals surface area contributed by atoms with Gasteiger partial charge in [-0.2, -0.15) is 0 Å². The first-order chi connectivity index (χ1) is 5.70. The van der Waals surface area contributed by atoms with E-state index in [-0.39, 0.29) is 11.8 Å². The van der Waals surface area contributed by atoms with Crippen molar-refractivity contribution in [3.05, 3.63) is 24.3 Å². The maximum Gasteiger partial charge on any atom is 0.160 e. The topological polar surface area (TPSA) is 55.5 Å². The number of hydrogen-bond donors (Lipinski definition) is 2. The first-order valence-electron chi connectivity index (χ1n) is 3.86. The normalized spacial score (nSPS) is 12.5. The Morgan fingerprint density at radius 3 is 2.75 bits per heavy atom. The van der Waals surface area contributed by atoms with Crippen molar-refractivity contribution in [3.63, 3.8) is 0 Å². The van der Waals surface area contributed by atoms with Crippen LogP contribution in [0.5, 0.6) is 11.5 Å². The van der Waals surface area contributed by atoms with Gasteiger partial charge in [0.25, 0.3) is 0 Å². The number of rotatable bonds is 3. The summed E-state index contributed by atoms with van der Waals surface area (Å²) >= 11 is 0. The van der Waals surface area contributed by atoms with Crippen molar-refractivity contribution in [1.29, 1.82) is 0 Å². The van der Waals surface area contributed by atoms with E-state index in [0.29, 0.717) is 12.4 Å². The molecule has 1 atom stereocenters. The summed E-state index contributed by atoms with van der Waals surface area (Å²) in [4.78, 5) is 0. The molecule has 0 aliphatic carbocycles. The molecule has 66 valence electrons. The van der Waals surface area contributed by atoms with Crippen LogP contribution in [0.1, 0.15) is 6.92 Å². The van der Waals surface area contributed by atoms with Crippen LogP contribution in [0.3, 0.4) is 0 Å². The molecule has 0 saturated heterocycles. The third-order valence-electron chi connectivity index (χ3n) is 1.37. The molecule has 0 radical (unpaired) electrons. The van der Waals surface area contributed by atoms with Crippen molar-refractivity contribution in [2.45, 2.75) is 13.0 Å². The zero-order chi connectivity index (χ0) is 8.97.